The minimum Gasteiger partial charge on any atom is -0.344 e. The molecule has 0 saturated heterocycles. The van der Waals surface area contributed by atoms with Crippen molar-refractivity contribution in [2.24, 2.45) is 16.7 Å². The molecule has 0 aromatic heterocycles. The molecule has 0 spiro atoms. The molecule has 0 rings (SSSR count). The summed E-state index contributed by atoms with van der Waals surface area (Å²) in [5.41, 5.74) is -0.260. The summed E-state index contributed by atoms with van der Waals surface area (Å²) in [6, 6.07) is 0. The van der Waals surface area contributed by atoms with Crippen LogP contribution in [-0.2, 0) is 9.36 Å². The molecule has 0 aliphatic heterocycles. The number of carbonyl (C=O) groups excluding carboxylic acids is 1. The van der Waals surface area contributed by atoms with Crippen molar-refractivity contribution in [2.45, 2.75) is 48.0 Å². The van der Waals surface area contributed by atoms with Crippen LogP contribution < -0.4 is 5.32 Å². The van der Waals surface area contributed by atoms with Gasteiger partial charge in [0.1, 0.15) is 6.29 Å². The van der Waals surface area contributed by atoms with Crippen molar-refractivity contribution in [3.8, 4) is 0 Å². The van der Waals surface area contributed by atoms with Gasteiger partial charge in [-0.05, 0) is 17.3 Å². The number of carbonyl (C=O) groups is 1. The fourth-order valence-electron chi connectivity index (χ4n) is 1.71. The number of hydrogen-bond acceptors (Lipinski definition) is 2. The van der Waals surface area contributed by atoms with Crippen LogP contribution in [0, 0.1) is 16.7 Å². The highest BCUT2D eigenvalue weighted by molar-refractivity contribution is 7.51. The lowest BCUT2D eigenvalue weighted by atomic mass is 9.72. The van der Waals surface area contributed by atoms with Crippen LogP contribution in [0.15, 0.2) is 0 Å². The number of amides is 1. The molecular weight excluding hydrogens is 253 g/mol. The van der Waals surface area contributed by atoms with Gasteiger partial charge in [-0.15, -0.1) is 0 Å². The molecule has 1 amide bonds. The smallest absolute Gasteiger partial charge is 0.344 e. The maximum absolute atomic E-state index is 12.1. The van der Waals surface area contributed by atoms with Gasteiger partial charge in [-0.1, -0.05) is 41.5 Å². The van der Waals surface area contributed by atoms with Crippen LogP contribution in [-0.4, -0.2) is 22.0 Å². The molecule has 3 N–H and O–H groups in total. The summed E-state index contributed by atoms with van der Waals surface area (Å²) in [7, 11) is -4.19. The average Bonchev–Trinajstić information content (AvgIpc) is 2.06. The molecule has 0 saturated carbocycles. The van der Waals surface area contributed by atoms with Crippen molar-refractivity contribution < 1.29 is 19.1 Å². The summed E-state index contributed by atoms with van der Waals surface area (Å²) in [4.78, 5) is 29.6. The van der Waals surface area contributed by atoms with Gasteiger partial charge < -0.3 is 15.1 Å². The summed E-state index contributed by atoms with van der Waals surface area (Å²) in [5.74, 6) is -0.565. The third-order valence-electron chi connectivity index (χ3n) is 2.64. The molecular formula is C12H26NO4P. The Labute approximate surface area is 110 Å². The maximum Gasteiger partial charge on any atom is 0.344 e. The first-order chi connectivity index (χ1) is 7.72. The first-order valence-corrected chi connectivity index (χ1v) is 7.84. The third-order valence-corrected chi connectivity index (χ3v) is 3.21. The van der Waals surface area contributed by atoms with Gasteiger partial charge in [0.2, 0.25) is 5.91 Å². The van der Waals surface area contributed by atoms with E-state index in [1.54, 1.807) is 0 Å². The van der Waals surface area contributed by atoms with Crippen molar-refractivity contribution in [3.05, 3.63) is 0 Å². The Balaban J connectivity index is 4.78. The van der Waals surface area contributed by atoms with Crippen LogP contribution >= 0.6 is 7.60 Å². The Kier molecular flexibility index (Phi) is 5.60. The first-order valence-electron chi connectivity index (χ1n) is 6.05. The quantitative estimate of drug-likeness (QED) is 0.689. The molecule has 108 valence electrons. The Bertz CT molecular complexity index is 335. The predicted molar refractivity (Wildman–Crippen MR) is 72.1 cm³/mol. The van der Waals surface area contributed by atoms with Gasteiger partial charge in [0.05, 0.1) is 0 Å². The second-order valence-corrected chi connectivity index (χ2v) is 8.69. The van der Waals surface area contributed by atoms with E-state index < -0.39 is 13.9 Å². The Morgan fingerprint density at radius 2 is 1.61 bits per heavy atom. The summed E-state index contributed by atoms with van der Waals surface area (Å²) in [5, 5.41) is 2.35. The highest BCUT2D eigenvalue weighted by Crippen LogP contribution is 2.37. The second-order valence-electron chi connectivity index (χ2n) is 7.05. The molecule has 0 heterocycles. The van der Waals surface area contributed by atoms with E-state index in [1.807, 2.05) is 41.5 Å². The van der Waals surface area contributed by atoms with Crippen LogP contribution in [0.2, 0.25) is 0 Å². The summed E-state index contributed by atoms with van der Waals surface area (Å²) in [6.45, 7) is 12.0. The molecule has 0 aliphatic carbocycles. The molecule has 1 unspecified atom stereocenters. The van der Waals surface area contributed by atoms with Gasteiger partial charge in [-0.2, -0.15) is 0 Å². The van der Waals surface area contributed by atoms with Crippen LogP contribution in [0.3, 0.4) is 0 Å². The van der Waals surface area contributed by atoms with Gasteiger partial charge in [0.25, 0.3) is 0 Å². The molecule has 5 nitrogen and oxygen atoms in total. The SMILES string of the molecule is CC(C)(C)CC(C(=O)NCP(=O)(O)O)C(C)(C)C. The van der Waals surface area contributed by atoms with Crippen molar-refractivity contribution in [1.82, 2.24) is 5.32 Å². The van der Waals surface area contributed by atoms with E-state index in [9.17, 15) is 9.36 Å². The second kappa shape index (κ2) is 5.72. The standard InChI is InChI=1S/C12H26NO4P/c1-11(2,3)7-9(12(4,5)6)10(14)13-8-18(15,16)17/h9H,7-8H2,1-6H3,(H,13,14)(H2,15,16,17). The number of nitrogens with one attached hydrogen (secondary N) is 1. The van der Waals surface area contributed by atoms with Gasteiger partial charge in [-0.3, -0.25) is 9.36 Å². The summed E-state index contributed by atoms with van der Waals surface area (Å²) >= 11 is 0. The Morgan fingerprint density at radius 3 is 1.89 bits per heavy atom. The van der Waals surface area contributed by atoms with Crippen molar-refractivity contribution in [2.75, 3.05) is 6.29 Å². The lowest BCUT2D eigenvalue weighted by molar-refractivity contribution is -0.129. The molecule has 0 aliphatic rings. The highest BCUT2D eigenvalue weighted by atomic mass is 31.2. The highest BCUT2D eigenvalue weighted by Gasteiger charge is 2.35. The lowest BCUT2D eigenvalue weighted by Crippen LogP contribution is -2.40. The van der Waals surface area contributed by atoms with E-state index in [4.69, 9.17) is 9.79 Å². The molecule has 0 bridgehead atoms. The topological polar surface area (TPSA) is 86.6 Å². The lowest BCUT2D eigenvalue weighted by Gasteiger charge is -2.34. The number of hydrogen-bond donors (Lipinski definition) is 3. The summed E-state index contributed by atoms with van der Waals surface area (Å²) in [6.07, 6.45) is 0.0754. The zero-order valence-corrected chi connectivity index (χ0v) is 13.0. The molecule has 18 heavy (non-hydrogen) atoms. The van der Waals surface area contributed by atoms with Gasteiger partial charge in [0.15, 0.2) is 0 Å². The van der Waals surface area contributed by atoms with E-state index >= 15 is 0 Å². The van der Waals surface area contributed by atoms with Crippen LogP contribution in [0.1, 0.15) is 48.0 Å². The fraction of sp³-hybridized carbons (Fsp3) is 0.917. The minimum absolute atomic E-state index is 0.0165. The van der Waals surface area contributed by atoms with E-state index in [-0.39, 0.29) is 22.7 Å². The van der Waals surface area contributed by atoms with Crippen LogP contribution in [0.5, 0.6) is 0 Å². The third kappa shape index (κ3) is 7.85. The van der Waals surface area contributed by atoms with Crippen molar-refractivity contribution >= 4 is 13.5 Å². The first kappa shape index (κ1) is 17.6. The van der Waals surface area contributed by atoms with Gasteiger partial charge in [0, 0.05) is 5.92 Å². The van der Waals surface area contributed by atoms with Crippen molar-refractivity contribution in [1.29, 1.82) is 0 Å². The minimum atomic E-state index is -4.19. The van der Waals surface area contributed by atoms with E-state index in [1.165, 1.54) is 0 Å². The Hall–Kier alpha value is -0.380. The van der Waals surface area contributed by atoms with E-state index in [0.29, 0.717) is 6.42 Å². The van der Waals surface area contributed by atoms with Crippen LogP contribution in [0.4, 0.5) is 0 Å². The molecule has 0 aromatic rings. The molecule has 0 fully saturated rings. The fourth-order valence-corrected chi connectivity index (χ4v) is 2.07. The molecule has 1 atom stereocenters. The van der Waals surface area contributed by atoms with Gasteiger partial charge >= 0.3 is 7.60 Å². The molecule has 6 heteroatoms. The number of rotatable bonds is 4. The van der Waals surface area contributed by atoms with Crippen molar-refractivity contribution in [3.63, 3.8) is 0 Å². The summed E-state index contributed by atoms with van der Waals surface area (Å²) < 4.78 is 10.8. The van der Waals surface area contributed by atoms with Gasteiger partial charge in [-0.25, -0.2) is 0 Å². The van der Waals surface area contributed by atoms with E-state index in [0.717, 1.165) is 0 Å². The molecule has 0 radical (unpaired) electrons. The molecule has 0 aromatic carbocycles. The maximum atomic E-state index is 12.1. The van der Waals surface area contributed by atoms with E-state index in [2.05, 4.69) is 5.32 Å². The predicted octanol–water partition coefficient (Wildman–Crippen LogP) is 2.34. The monoisotopic (exact) mass is 279 g/mol. The zero-order chi connectivity index (χ0) is 14.8. The van der Waals surface area contributed by atoms with Crippen LogP contribution in [0.25, 0.3) is 0 Å². The average molecular weight is 279 g/mol. The zero-order valence-electron chi connectivity index (χ0n) is 12.1. The largest absolute Gasteiger partial charge is 0.344 e. The normalized spacial score (nSPS) is 15.3. The Morgan fingerprint density at radius 1 is 1.17 bits per heavy atom.